The van der Waals surface area contributed by atoms with Crippen LogP contribution in [-0.4, -0.2) is 41.3 Å². The molecule has 0 aliphatic heterocycles. The van der Waals surface area contributed by atoms with Crippen molar-refractivity contribution in [3.8, 4) is 0 Å². The van der Waals surface area contributed by atoms with Crippen LogP contribution in [0.25, 0.3) is 0 Å². The molecule has 0 aliphatic carbocycles. The highest BCUT2D eigenvalue weighted by atomic mass is 27.1. The average Bonchev–Trinajstić information content (AvgIpc) is 1.83. The summed E-state index contributed by atoms with van der Waals surface area (Å²) < 4.78 is 5.05. The highest BCUT2D eigenvalue weighted by Crippen LogP contribution is 1.83. The predicted molar refractivity (Wildman–Crippen MR) is 37.4 cm³/mol. The molecule has 0 amide bonds. The summed E-state index contributed by atoms with van der Waals surface area (Å²) >= 11 is 0.854. The number of nitrogens with zero attached hydrogens (tertiary/aromatic N) is 1. The van der Waals surface area contributed by atoms with Gasteiger partial charge in [-0.2, -0.15) is 0 Å². The van der Waals surface area contributed by atoms with Crippen LogP contribution in [0.4, 0.5) is 0 Å². The average molecular weight is 131 g/mol. The smallest absolute Gasteiger partial charge is 0.411 e. The first-order valence-electron chi connectivity index (χ1n) is 3.06. The second-order valence-corrected chi connectivity index (χ2v) is 2.30. The monoisotopic (exact) mass is 131 g/mol. The lowest BCUT2D eigenvalue weighted by molar-refractivity contribution is 0.148. The van der Waals surface area contributed by atoms with Crippen LogP contribution in [0.1, 0.15) is 13.8 Å². The van der Waals surface area contributed by atoms with Crippen molar-refractivity contribution < 1.29 is 3.79 Å². The second kappa shape index (κ2) is 5.59. The minimum atomic E-state index is 0.819. The minimum Gasteiger partial charge on any atom is -0.495 e. The van der Waals surface area contributed by atoms with Gasteiger partial charge < -0.3 is 3.79 Å². The maximum absolute atomic E-state index is 5.05. The Bertz CT molecular complexity index is 47.7. The van der Waals surface area contributed by atoms with Crippen molar-refractivity contribution in [2.45, 2.75) is 13.8 Å². The third-order valence-electron chi connectivity index (χ3n) is 1.21. The molecule has 0 saturated heterocycles. The standard InChI is InChI=1S/C5H12NO.Al.2H/c1-3-6(4-2)5-7;;;/h3-5H2,1-2H3;;;/q-1;+1;;. The molecule has 0 heterocycles. The van der Waals surface area contributed by atoms with Gasteiger partial charge in [0.2, 0.25) is 0 Å². The van der Waals surface area contributed by atoms with E-state index in [1.54, 1.807) is 0 Å². The van der Waals surface area contributed by atoms with E-state index >= 15 is 0 Å². The second-order valence-electron chi connectivity index (χ2n) is 1.72. The van der Waals surface area contributed by atoms with E-state index in [9.17, 15) is 0 Å². The van der Waals surface area contributed by atoms with Crippen LogP contribution in [0.3, 0.4) is 0 Å². The Morgan fingerprint density at radius 1 is 1.38 bits per heavy atom. The Balaban J connectivity index is 3.07. The molecule has 0 aromatic heterocycles. The molecule has 3 heteroatoms. The van der Waals surface area contributed by atoms with Gasteiger partial charge in [-0.3, -0.25) is 4.90 Å². The molecule has 0 N–H and O–H groups in total. The van der Waals surface area contributed by atoms with E-state index in [1.165, 1.54) is 0 Å². The van der Waals surface area contributed by atoms with E-state index in [1.807, 2.05) is 0 Å². The van der Waals surface area contributed by atoms with E-state index in [2.05, 4.69) is 18.7 Å². The van der Waals surface area contributed by atoms with Crippen molar-refractivity contribution in [1.29, 1.82) is 0 Å². The molecule has 0 saturated carbocycles. The summed E-state index contributed by atoms with van der Waals surface area (Å²) in [6.07, 6.45) is 0. The van der Waals surface area contributed by atoms with Gasteiger partial charge in [0.25, 0.3) is 0 Å². The van der Waals surface area contributed by atoms with Crippen LogP contribution in [-0.2, 0) is 3.79 Å². The molecule has 0 bridgehead atoms. The van der Waals surface area contributed by atoms with Crippen LogP contribution in [0.2, 0.25) is 0 Å². The summed E-state index contributed by atoms with van der Waals surface area (Å²) in [5, 5.41) is 0. The fourth-order valence-electron chi connectivity index (χ4n) is 0.589. The maximum atomic E-state index is 5.05. The number of hydrogen-bond donors (Lipinski definition) is 0. The topological polar surface area (TPSA) is 12.5 Å². The molecule has 0 unspecified atom stereocenters. The predicted octanol–water partition coefficient (Wildman–Crippen LogP) is -0.150. The maximum Gasteiger partial charge on any atom is 0.411 e. The van der Waals surface area contributed by atoms with Gasteiger partial charge in [0.1, 0.15) is 0 Å². The molecule has 48 valence electrons. The lowest BCUT2D eigenvalue weighted by atomic mass is 10.6. The zero-order valence-electron chi connectivity index (χ0n) is 5.98. The summed E-state index contributed by atoms with van der Waals surface area (Å²) in [6, 6.07) is 0. The molecule has 0 rings (SSSR count). The molecule has 8 heavy (non-hydrogen) atoms. The molecular weight excluding hydrogens is 117 g/mol. The molecule has 0 fully saturated rings. The Labute approximate surface area is 59.6 Å². The number of hydrogen-bond acceptors (Lipinski definition) is 2. The molecule has 0 aliphatic rings. The highest BCUT2D eigenvalue weighted by Gasteiger charge is 1.92. The minimum absolute atomic E-state index is 0.819. The molecule has 0 aromatic carbocycles. The van der Waals surface area contributed by atoms with Gasteiger partial charge in [0.15, 0.2) is 0 Å². The van der Waals surface area contributed by atoms with Gasteiger partial charge >= 0.3 is 16.6 Å². The quantitative estimate of drug-likeness (QED) is 0.388. The lowest BCUT2D eigenvalue weighted by Gasteiger charge is -2.16. The van der Waals surface area contributed by atoms with Crippen molar-refractivity contribution >= 4 is 16.6 Å². The molecule has 2 nitrogen and oxygen atoms in total. The van der Waals surface area contributed by atoms with Crippen LogP contribution >= 0.6 is 0 Å². The molecular formula is C5H14AlNO. The highest BCUT2D eigenvalue weighted by molar-refractivity contribution is 5.97. The van der Waals surface area contributed by atoms with Crippen molar-refractivity contribution in [2.75, 3.05) is 19.8 Å². The largest absolute Gasteiger partial charge is 0.495 e. The van der Waals surface area contributed by atoms with E-state index in [-0.39, 0.29) is 0 Å². The van der Waals surface area contributed by atoms with Crippen molar-refractivity contribution in [3.63, 3.8) is 0 Å². The Morgan fingerprint density at radius 3 is 2.00 bits per heavy atom. The summed E-state index contributed by atoms with van der Waals surface area (Å²) in [5.41, 5.74) is 0. The zero-order chi connectivity index (χ0) is 6.41. The van der Waals surface area contributed by atoms with Gasteiger partial charge in [-0.05, 0) is 13.1 Å². The first-order valence-corrected chi connectivity index (χ1v) is 3.88. The van der Waals surface area contributed by atoms with Gasteiger partial charge in [0.05, 0.1) is 6.73 Å². The number of rotatable bonds is 4. The third kappa shape index (κ3) is 3.45. The van der Waals surface area contributed by atoms with Gasteiger partial charge in [0, 0.05) is 0 Å². The Morgan fingerprint density at radius 2 is 1.88 bits per heavy atom. The van der Waals surface area contributed by atoms with Crippen LogP contribution in [0, 0.1) is 0 Å². The van der Waals surface area contributed by atoms with E-state index in [4.69, 9.17) is 3.79 Å². The van der Waals surface area contributed by atoms with Crippen molar-refractivity contribution in [1.82, 2.24) is 4.90 Å². The molecule has 0 radical (unpaired) electrons. The van der Waals surface area contributed by atoms with Gasteiger partial charge in [-0.15, -0.1) is 0 Å². The molecule has 0 atom stereocenters. The van der Waals surface area contributed by atoms with Crippen molar-refractivity contribution in [2.24, 2.45) is 0 Å². The lowest BCUT2D eigenvalue weighted by Crippen LogP contribution is -2.25. The van der Waals surface area contributed by atoms with Crippen LogP contribution in [0.5, 0.6) is 0 Å². The summed E-state index contributed by atoms with van der Waals surface area (Å²) in [6.45, 7) is 7.30. The zero-order valence-corrected chi connectivity index (χ0v) is 7.98. The normalized spacial score (nSPS) is 10.4. The summed E-state index contributed by atoms with van der Waals surface area (Å²) in [5.74, 6) is 0. The molecule has 0 spiro atoms. The van der Waals surface area contributed by atoms with Crippen molar-refractivity contribution in [3.05, 3.63) is 0 Å². The van der Waals surface area contributed by atoms with E-state index in [0.29, 0.717) is 0 Å². The Hall–Kier alpha value is 0.452. The summed E-state index contributed by atoms with van der Waals surface area (Å²) in [4.78, 5) is 2.24. The SMILES string of the molecule is CCN(CC)C[O][AlH2]. The Kier molecular flexibility index (Phi) is 5.90. The van der Waals surface area contributed by atoms with E-state index in [0.717, 1.165) is 36.4 Å². The van der Waals surface area contributed by atoms with Crippen LogP contribution < -0.4 is 0 Å². The first kappa shape index (κ1) is 8.45. The van der Waals surface area contributed by atoms with Crippen LogP contribution in [0.15, 0.2) is 0 Å². The third-order valence-corrected chi connectivity index (χ3v) is 1.46. The van der Waals surface area contributed by atoms with E-state index < -0.39 is 0 Å². The fraction of sp³-hybridized carbons (Fsp3) is 1.00. The summed E-state index contributed by atoms with van der Waals surface area (Å²) in [7, 11) is 0. The van der Waals surface area contributed by atoms with Gasteiger partial charge in [-0.1, -0.05) is 13.8 Å². The van der Waals surface area contributed by atoms with Gasteiger partial charge in [-0.25, -0.2) is 0 Å². The fourth-order valence-corrected chi connectivity index (χ4v) is 0.954. The first-order chi connectivity index (χ1) is 3.85. The molecule has 0 aromatic rings.